The third-order valence-corrected chi connectivity index (χ3v) is 5.30. The second-order valence-corrected chi connectivity index (χ2v) is 7.57. The van der Waals surface area contributed by atoms with Gasteiger partial charge in [-0.05, 0) is 60.2 Å². The monoisotopic (exact) mass is 382 g/mol. The molecule has 0 aliphatic carbocycles. The maximum Gasteiger partial charge on any atom is 0.221 e. The molecule has 1 aliphatic rings. The van der Waals surface area contributed by atoms with Crippen LogP contribution in [0.4, 0.5) is 0 Å². The molecule has 1 saturated heterocycles. The second kappa shape index (κ2) is 8.52. The highest BCUT2D eigenvalue weighted by Gasteiger charge is 2.21. The summed E-state index contributed by atoms with van der Waals surface area (Å²) in [6.07, 6.45) is 4.65. The van der Waals surface area contributed by atoms with Crippen LogP contribution in [0.2, 0.25) is 0 Å². The Morgan fingerprint density at radius 3 is 3.11 bits per heavy atom. The first-order valence-electron chi connectivity index (χ1n) is 9.86. The fraction of sp³-hybridized carbons (Fsp3) is 0.500. The Balaban J connectivity index is 1.24. The molecule has 1 aliphatic heterocycles. The van der Waals surface area contributed by atoms with E-state index in [9.17, 15) is 4.79 Å². The molecule has 1 fully saturated rings. The van der Waals surface area contributed by atoms with E-state index in [1.807, 2.05) is 36.0 Å². The molecule has 0 spiro atoms. The van der Waals surface area contributed by atoms with Crippen LogP contribution >= 0.6 is 0 Å². The molecule has 28 heavy (non-hydrogen) atoms. The summed E-state index contributed by atoms with van der Waals surface area (Å²) in [4.78, 5) is 14.6. The zero-order valence-electron chi connectivity index (χ0n) is 16.2. The van der Waals surface area contributed by atoms with Crippen molar-refractivity contribution in [1.82, 2.24) is 30.3 Å². The van der Waals surface area contributed by atoms with Crippen LogP contribution in [0.15, 0.2) is 35.1 Å². The highest BCUT2D eigenvalue weighted by Crippen LogP contribution is 2.21. The summed E-state index contributed by atoms with van der Waals surface area (Å²) >= 11 is 0. The van der Waals surface area contributed by atoms with Gasteiger partial charge in [-0.25, -0.2) is 4.63 Å². The zero-order chi connectivity index (χ0) is 19.3. The molecular weight excluding hydrogens is 356 g/mol. The lowest BCUT2D eigenvalue weighted by molar-refractivity contribution is -0.121. The van der Waals surface area contributed by atoms with Crippen molar-refractivity contribution < 1.29 is 9.42 Å². The van der Waals surface area contributed by atoms with Gasteiger partial charge in [-0.1, -0.05) is 12.1 Å². The number of fused-ring (bicyclic) bond motifs is 1. The van der Waals surface area contributed by atoms with E-state index in [0.717, 1.165) is 61.3 Å². The van der Waals surface area contributed by atoms with E-state index >= 15 is 0 Å². The number of aromatic nitrogens is 4. The molecule has 8 nitrogen and oxygen atoms in total. The van der Waals surface area contributed by atoms with Crippen molar-refractivity contribution in [2.75, 3.05) is 19.6 Å². The van der Waals surface area contributed by atoms with Gasteiger partial charge in [-0.2, -0.15) is 5.10 Å². The number of hydrogen-bond donors (Lipinski definition) is 1. The summed E-state index contributed by atoms with van der Waals surface area (Å²) in [6, 6.07) is 7.93. The van der Waals surface area contributed by atoms with E-state index in [2.05, 4.69) is 31.7 Å². The van der Waals surface area contributed by atoms with E-state index in [0.29, 0.717) is 18.9 Å². The Morgan fingerprint density at radius 2 is 2.25 bits per heavy atom. The average molecular weight is 382 g/mol. The van der Waals surface area contributed by atoms with Gasteiger partial charge in [0.2, 0.25) is 5.91 Å². The van der Waals surface area contributed by atoms with E-state index in [4.69, 9.17) is 4.63 Å². The number of piperidine rings is 1. The molecular formula is C20H26N6O2. The Hall–Kier alpha value is -2.74. The van der Waals surface area contributed by atoms with E-state index < -0.39 is 0 Å². The first kappa shape index (κ1) is 18.6. The van der Waals surface area contributed by atoms with Crippen molar-refractivity contribution in [3.8, 4) is 0 Å². The minimum absolute atomic E-state index is 0.0868. The molecule has 0 saturated carbocycles. The summed E-state index contributed by atoms with van der Waals surface area (Å²) in [5, 5.41) is 15.4. The van der Waals surface area contributed by atoms with Gasteiger partial charge in [-0.15, -0.1) is 0 Å². The van der Waals surface area contributed by atoms with Gasteiger partial charge in [0, 0.05) is 38.8 Å². The van der Waals surface area contributed by atoms with E-state index in [1.165, 1.54) is 0 Å². The highest BCUT2D eigenvalue weighted by molar-refractivity contribution is 5.76. The van der Waals surface area contributed by atoms with Crippen LogP contribution in [0.3, 0.4) is 0 Å². The number of amides is 1. The summed E-state index contributed by atoms with van der Waals surface area (Å²) in [5.74, 6) is 0.558. The number of benzene rings is 1. The number of hydrogen-bond acceptors (Lipinski definition) is 6. The van der Waals surface area contributed by atoms with Crippen LogP contribution in [0, 0.1) is 12.8 Å². The number of rotatable bonds is 7. The zero-order valence-corrected chi connectivity index (χ0v) is 16.2. The number of carbonyl (C=O) groups is 1. The summed E-state index contributed by atoms with van der Waals surface area (Å²) in [7, 11) is 0. The normalized spacial score (nSPS) is 17.8. The molecule has 1 unspecified atom stereocenters. The molecule has 3 heterocycles. The van der Waals surface area contributed by atoms with Crippen LogP contribution in [-0.2, 0) is 17.9 Å². The predicted molar refractivity (Wildman–Crippen MR) is 104 cm³/mol. The molecule has 1 amide bonds. The highest BCUT2D eigenvalue weighted by atomic mass is 16.6. The number of likely N-dealkylation sites (tertiary alicyclic amines) is 1. The van der Waals surface area contributed by atoms with Crippen molar-refractivity contribution in [3.63, 3.8) is 0 Å². The summed E-state index contributed by atoms with van der Waals surface area (Å²) < 4.78 is 6.68. The lowest BCUT2D eigenvalue weighted by Crippen LogP contribution is -2.40. The van der Waals surface area contributed by atoms with Gasteiger partial charge < -0.3 is 5.32 Å². The number of aryl methyl sites for hydroxylation is 2. The van der Waals surface area contributed by atoms with Crippen LogP contribution in [0.1, 0.15) is 30.5 Å². The van der Waals surface area contributed by atoms with Crippen LogP contribution in [0.5, 0.6) is 0 Å². The third kappa shape index (κ3) is 4.56. The molecule has 1 atom stereocenters. The standard InChI is InChI=1S/C20H26N6O2/c1-15-7-10-26(22-15)11-8-19(27)21-12-16-4-3-9-25(13-16)14-17-5-2-6-18-20(17)24-28-23-18/h2,5-7,10,16H,3-4,8-9,11-14H2,1H3,(H,21,27). The smallest absolute Gasteiger partial charge is 0.221 e. The van der Waals surface area contributed by atoms with Crippen molar-refractivity contribution in [2.45, 2.75) is 39.3 Å². The van der Waals surface area contributed by atoms with Gasteiger partial charge in [0.25, 0.3) is 0 Å². The SMILES string of the molecule is Cc1ccn(CCC(=O)NCC2CCCN(Cc3cccc4nonc34)C2)n1. The fourth-order valence-corrected chi connectivity index (χ4v) is 3.84. The maximum atomic E-state index is 12.2. The van der Waals surface area contributed by atoms with Crippen molar-refractivity contribution in [2.24, 2.45) is 5.92 Å². The number of nitrogens with one attached hydrogen (secondary N) is 1. The van der Waals surface area contributed by atoms with Crippen molar-refractivity contribution in [3.05, 3.63) is 41.7 Å². The maximum absolute atomic E-state index is 12.2. The number of carbonyl (C=O) groups excluding carboxylic acids is 1. The van der Waals surface area contributed by atoms with Gasteiger partial charge in [0.1, 0.15) is 11.0 Å². The second-order valence-electron chi connectivity index (χ2n) is 7.57. The first-order chi connectivity index (χ1) is 13.7. The number of nitrogens with zero attached hydrogens (tertiary/aromatic N) is 5. The largest absolute Gasteiger partial charge is 0.356 e. The molecule has 1 N–H and O–H groups in total. The molecule has 2 aromatic heterocycles. The molecule has 4 rings (SSSR count). The van der Waals surface area contributed by atoms with Crippen LogP contribution in [-0.4, -0.2) is 50.5 Å². The molecule has 1 aromatic carbocycles. The topological polar surface area (TPSA) is 89.1 Å². The molecule has 0 bridgehead atoms. The van der Waals surface area contributed by atoms with E-state index in [1.54, 1.807) is 0 Å². The summed E-state index contributed by atoms with van der Waals surface area (Å²) in [5.41, 5.74) is 3.75. The van der Waals surface area contributed by atoms with Crippen LogP contribution in [0.25, 0.3) is 11.0 Å². The van der Waals surface area contributed by atoms with Crippen LogP contribution < -0.4 is 5.32 Å². The van der Waals surface area contributed by atoms with Gasteiger partial charge in [0.15, 0.2) is 0 Å². The Morgan fingerprint density at radius 1 is 1.32 bits per heavy atom. The third-order valence-electron chi connectivity index (χ3n) is 5.30. The Kier molecular flexibility index (Phi) is 5.66. The minimum Gasteiger partial charge on any atom is -0.356 e. The molecule has 3 aromatic rings. The van der Waals surface area contributed by atoms with Crippen molar-refractivity contribution >= 4 is 16.9 Å². The Labute approximate surface area is 163 Å². The average Bonchev–Trinajstić information content (AvgIpc) is 3.34. The molecule has 148 valence electrons. The fourth-order valence-electron chi connectivity index (χ4n) is 3.84. The van der Waals surface area contributed by atoms with Gasteiger partial charge in [-0.3, -0.25) is 14.4 Å². The lowest BCUT2D eigenvalue weighted by atomic mass is 9.97. The molecule has 8 heteroatoms. The lowest BCUT2D eigenvalue weighted by Gasteiger charge is -2.32. The van der Waals surface area contributed by atoms with E-state index in [-0.39, 0.29) is 5.91 Å². The van der Waals surface area contributed by atoms with Crippen molar-refractivity contribution in [1.29, 1.82) is 0 Å². The minimum atomic E-state index is 0.0868. The molecule has 0 radical (unpaired) electrons. The quantitative estimate of drug-likeness (QED) is 0.673. The van der Waals surface area contributed by atoms with Gasteiger partial charge >= 0.3 is 0 Å². The van der Waals surface area contributed by atoms with Gasteiger partial charge in [0.05, 0.1) is 5.69 Å². The predicted octanol–water partition coefficient (Wildman–Crippen LogP) is 2.15. The first-order valence-corrected chi connectivity index (χ1v) is 9.86. The Bertz CT molecular complexity index is 934. The summed E-state index contributed by atoms with van der Waals surface area (Å²) in [6.45, 7) is 6.15.